The maximum atomic E-state index is 12.3. The maximum Gasteiger partial charge on any atom is 0.251 e. The highest BCUT2D eigenvalue weighted by Gasteiger charge is 2.16. The van der Waals surface area contributed by atoms with Gasteiger partial charge in [-0.2, -0.15) is 0 Å². The fourth-order valence-corrected chi connectivity index (χ4v) is 4.87. The van der Waals surface area contributed by atoms with Crippen LogP contribution in [0.15, 0.2) is 61.2 Å². The first kappa shape index (κ1) is 25.5. The Morgan fingerprint density at radius 3 is 2.63 bits per heavy atom. The van der Waals surface area contributed by atoms with Gasteiger partial charge >= 0.3 is 0 Å². The van der Waals surface area contributed by atoms with Crippen LogP contribution in [0.4, 0.5) is 11.6 Å². The van der Waals surface area contributed by atoms with Crippen molar-refractivity contribution in [2.24, 2.45) is 0 Å². The maximum absolute atomic E-state index is 12.3. The zero-order valence-electron chi connectivity index (χ0n) is 22.2. The molecule has 0 spiro atoms. The summed E-state index contributed by atoms with van der Waals surface area (Å²) in [6.45, 7) is 7.02. The summed E-state index contributed by atoms with van der Waals surface area (Å²) >= 11 is 0. The first-order chi connectivity index (χ1) is 18.5. The summed E-state index contributed by atoms with van der Waals surface area (Å²) in [5.41, 5.74) is 4.45. The number of para-hydroxylation sites is 1. The summed E-state index contributed by atoms with van der Waals surface area (Å²) in [6, 6.07) is 13.9. The Kier molecular flexibility index (Phi) is 7.74. The van der Waals surface area contributed by atoms with Crippen LogP contribution in [0.1, 0.15) is 35.2 Å². The molecule has 1 aromatic carbocycles. The van der Waals surface area contributed by atoms with Crippen molar-refractivity contribution in [1.82, 2.24) is 30.2 Å². The van der Waals surface area contributed by atoms with Crippen LogP contribution in [0.25, 0.3) is 22.2 Å². The molecule has 38 heavy (non-hydrogen) atoms. The summed E-state index contributed by atoms with van der Waals surface area (Å²) in [4.78, 5) is 35.1. The number of amides is 1. The number of rotatable bonds is 8. The molecule has 3 aromatic heterocycles. The van der Waals surface area contributed by atoms with Crippen LogP contribution in [0.5, 0.6) is 0 Å². The minimum Gasteiger partial charge on any atom is -0.370 e. The minimum absolute atomic E-state index is 0.104. The van der Waals surface area contributed by atoms with E-state index >= 15 is 0 Å². The second-order valence-electron chi connectivity index (χ2n) is 9.78. The second-order valence-corrected chi connectivity index (χ2v) is 9.78. The Bertz CT molecular complexity index is 1400. The number of carbonyl (C=O) groups excluding carboxylic acids is 1. The summed E-state index contributed by atoms with van der Waals surface area (Å²) in [5, 5.41) is 7.03. The summed E-state index contributed by atoms with van der Waals surface area (Å²) in [5.74, 6) is 1.93. The summed E-state index contributed by atoms with van der Waals surface area (Å²) in [7, 11) is 3.80. The van der Waals surface area contributed by atoms with Gasteiger partial charge in [0.2, 0.25) is 0 Å². The SMILES string of the molecule is CNC(=O)c1ccnc2c(C(C)CCNc3cc(-c4ccc(N5CCN(C)CC5)nc4)ncn3)cccc12. The molecule has 0 bridgehead atoms. The van der Waals surface area contributed by atoms with Crippen molar-refractivity contribution in [2.45, 2.75) is 19.3 Å². The van der Waals surface area contributed by atoms with E-state index in [1.54, 1.807) is 25.6 Å². The molecule has 2 N–H and O–H groups in total. The van der Waals surface area contributed by atoms with Crippen LogP contribution in [-0.2, 0) is 0 Å². The van der Waals surface area contributed by atoms with E-state index in [0.29, 0.717) is 5.56 Å². The fourth-order valence-electron chi connectivity index (χ4n) is 4.87. The number of piperazine rings is 1. The third-order valence-corrected chi connectivity index (χ3v) is 7.23. The van der Waals surface area contributed by atoms with Crippen molar-refractivity contribution in [3.8, 4) is 11.3 Å². The quantitative estimate of drug-likeness (QED) is 0.369. The Hall–Kier alpha value is -4.11. The van der Waals surface area contributed by atoms with Gasteiger partial charge in [-0.25, -0.2) is 15.0 Å². The molecule has 196 valence electrons. The molecular formula is C29H34N8O. The highest BCUT2D eigenvalue weighted by molar-refractivity contribution is 6.06. The van der Waals surface area contributed by atoms with Crippen LogP contribution in [0.3, 0.4) is 0 Å². The average molecular weight is 511 g/mol. The normalized spacial score (nSPS) is 14.9. The van der Waals surface area contributed by atoms with Gasteiger partial charge in [0, 0.05) is 69.2 Å². The fraction of sp³-hybridized carbons (Fsp3) is 0.345. The number of likely N-dealkylation sites (N-methyl/N-ethyl adjacent to an activating group) is 1. The predicted octanol–water partition coefficient (Wildman–Crippen LogP) is 3.80. The van der Waals surface area contributed by atoms with Gasteiger partial charge in [-0.15, -0.1) is 0 Å². The number of nitrogens with zero attached hydrogens (tertiary/aromatic N) is 6. The average Bonchev–Trinajstić information content (AvgIpc) is 2.96. The molecule has 1 aliphatic rings. The van der Waals surface area contributed by atoms with Crippen LogP contribution >= 0.6 is 0 Å². The van der Waals surface area contributed by atoms with Gasteiger partial charge in [0.15, 0.2) is 0 Å². The monoisotopic (exact) mass is 510 g/mol. The zero-order chi connectivity index (χ0) is 26.5. The number of hydrogen-bond donors (Lipinski definition) is 2. The number of benzene rings is 1. The van der Waals surface area contributed by atoms with Crippen molar-refractivity contribution in [2.75, 3.05) is 57.0 Å². The number of anilines is 2. The number of fused-ring (bicyclic) bond motifs is 1. The number of nitrogens with one attached hydrogen (secondary N) is 2. The van der Waals surface area contributed by atoms with Crippen LogP contribution in [0, 0.1) is 0 Å². The van der Waals surface area contributed by atoms with Crippen molar-refractivity contribution in [3.05, 3.63) is 72.3 Å². The molecule has 4 heterocycles. The zero-order valence-corrected chi connectivity index (χ0v) is 22.2. The largest absolute Gasteiger partial charge is 0.370 e. The predicted molar refractivity (Wildman–Crippen MR) is 152 cm³/mol. The van der Waals surface area contributed by atoms with Gasteiger partial charge in [0.1, 0.15) is 18.0 Å². The highest BCUT2D eigenvalue weighted by atomic mass is 16.1. The lowest BCUT2D eigenvalue weighted by atomic mass is 9.94. The molecule has 0 aliphatic carbocycles. The molecule has 1 aliphatic heterocycles. The smallest absolute Gasteiger partial charge is 0.251 e. The van der Waals surface area contributed by atoms with Crippen LogP contribution in [0.2, 0.25) is 0 Å². The van der Waals surface area contributed by atoms with Gasteiger partial charge in [0.25, 0.3) is 5.91 Å². The van der Waals surface area contributed by atoms with Gasteiger partial charge in [-0.05, 0) is 43.1 Å². The van der Waals surface area contributed by atoms with E-state index in [4.69, 9.17) is 4.98 Å². The van der Waals surface area contributed by atoms with E-state index in [-0.39, 0.29) is 11.8 Å². The number of aromatic nitrogens is 4. The molecule has 5 rings (SSSR count). The topological polar surface area (TPSA) is 99.2 Å². The van der Waals surface area contributed by atoms with Crippen molar-refractivity contribution in [3.63, 3.8) is 0 Å². The molecule has 0 radical (unpaired) electrons. The van der Waals surface area contributed by atoms with E-state index in [9.17, 15) is 4.79 Å². The van der Waals surface area contributed by atoms with Crippen LogP contribution in [-0.4, -0.2) is 77.6 Å². The molecule has 1 saturated heterocycles. The van der Waals surface area contributed by atoms with E-state index < -0.39 is 0 Å². The molecule has 1 unspecified atom stereocenters. The Balaban J connectivity index is 1.22. The van der Waals surface area contributed by atoms with Gasteiger partial charge < -0.3 is 20.4 Å². The van der Waals surface area contributed by atoms with Gasteiger partial charge in [-0.1, -0.05) is 25.1 Å². The lowest BCUT2D eigenvalue weighted by Crippen LogP contribution is -2.44. The van der Waals surface area contributed by atoms with E-state index in [0.717, 1.165) is 78.5 Å². The lowest BCUT2D eigenvalue weighted by molar-refractivity contribution is 0.0964. The highest BCUT2D eigenvalue weighted by Crippen LogP contribution is 2.28. The Labute approximate surface area is 223 Å². The first-order valence-electron chi connectivity index (χ1n) is 13.1. The minimum atomic E-state index is -0.104. The third-order valence-electron chi connectivity index (χ3n) is 7.23. The Morgan fingerprint density at radius 1 is 1.03 bits per heavy atom. The third kappa shape index (κ3) is 5.57. The summed E-state index contributed by atoms with van der Waals surface area (Å²) in [6.07, 6.45) is 6.06. The molecule has 9 nitrogen and oxygen atoms in total. The van der Waals surface area contributed by atoms with Crippen LogP contribution < -0.4 is 15.5 Å². The standard InChI is InChI=1S/C29H34N8O/c1-20(22-5-4-6-23-24(29(38)30-2)10-12-32-28(22)23)9-11-31-26-17-25(34-19-35-26)21-7-8-27(33-18-21)37-15-13-36(3)14-16-37/h4-8,10,12,17-20H,9,11,13-16H2,1-3H3,(H,30,38)(H,31,34,35). The van der Waals surface area contributed by atoms with Gasteiger partial charge in [0.05, 0.1) is 16.8 Å². The van der Waals surface area contributed by atoms with Crippen molar-refractivity contribution in [1.29, 1.82) is 0 Å². The number of hydrogen-bond acceptors (Lipinski definition) is 8. The number of pyridine rings is 2. The van der Waals surface area contributed by atoms with Gasteiger partial charge in [-0.3, -0.25) is 9.78 Å². The Morgan fingerprint density at radius 2 is 1.87 bits per heavy atom. The first-order valence-corrected chi connectivity index (χ1v) is 13.1. The summed E-state index contributed by atoms with van der Waals surface area (Å²) < 4.78 is 0. The molecular weight excluding hydrogens is 476 g/mol. The molecule has 1 amide bonds. The second kappa shape index (κ2) is 11.5. The molecule has 9 heteroatoms. The molecule has 0 saturated carbocycles. The lowest BCUT2D eigenvalue weighted by Gasteiger charge is -2.33. The molecule has 4 aromatic rings. The van der Waals surface area contributed by atoms with E-state index in [1.165, 1.54) is 0 Å². The van der Waals surface area contributed by atoms with E-state index in [2.05, 4.69) is 67.6 Å². The van der Waals surface area contributed by atoms with E-state index in [1.807, 2.05) is 24.4 Å². The number of carbonyl (C=O) groups is 1. The van der Waals surface area contributed by atoms with Crippen molar-refractivity contribution >= 4 is 28.4 Å². The molecule has 1 atom stereocenters. The molecule has 1 fully saturated rings. The van der Waals surface area contributed by atoms with Crippen molar-refractivity contribution < 1.29 is 4.79 Å².